The summed E-state index contributed by atoms with van der Waals surface area (Å²) in [7, 11) is 0. The van der Waals surface area contributed by atoms with E-state index in [1.807, 2.05) is 22.6 Å². The summed E-state index contributed by atoms with van der Waals surface area (Å²) in [5.41, 5.74) is -5.06. The molecular weight excluding hydrogens is 572 g/mol. The van der Waals surface area contributed by atoms with Gasteiger partial charge in [0.2, 0.25) is 0 Å². The third-order valence-corrected chi connectivity index (χ3v) is 10.8. The summed E-state index contributed by atoms with van der Waals surface area (Å²) in [6.07, 6.45) is -11.2. The maximum absolute atomic E-state index is 13.5. The minimum absolute atomic E-state index is 0.0459. The van der Waals surface area contributed by atoms with E-state index < -0.39 is 43.8 Å². The molecule has 0 atom stereocenters. The Labute approximate surface area is 152 Å². The van der Waals surface area contributed by atoms with Crippen LogP contribution in [0.3, 0.4) is 0 Å². The van der Waals surface area contributed by atoms with E-state index in [0.717, 1.165) is 8.95 Å². The Bertz CT molecular complexity index is 725. The molecule has 0 saturated carbocycles. The van der Waals surface area contributed by atoms with Gasteiger partial charge in [-0.25, -0.2) is 0 Å². The van der Waals surface area contributed by atoms with Gasteiger partial charge in [0.25, 0.3) is 0 Å². The van der Waals surface area contributed by atoms with Crippen LogP contribution in [0.5, 0.6) is 0 Å². The van der Waals surface area contributed by atoms with Crippen LogP contribution in [-0.4, -0.2) is 12.4 Å². The van der Waals surface area contributed by atoms with Gasteiger partial charge in [-0.15, -0.1) is 0 Å². The van der Waals surface area contributed by atoms with Crippen LogP contribution in [0, 0.1) is 9.34 Å². The van der Waals surface area contributed by atoms with Crippen molar-refractivity contribution in [2.75, 3.05) is 0 Å². The molecule has 0 bridgehead atoms. The van der Waals surface area contributed by atoms with Gasteiger partial charge in [0.1, 0.15) is 0 Å². The second-order valence-corrected chi connectivity index (χ2v) is 12.4. The first-order valence-corrected chi connectivity index (χ1v) is 10.9. The molecule has 10 heteroatoms. The molecule has 2 heterocycles. The average molecular weight is 578 g/mol. The van der Waals surface area contributed by atoms with Crippen molar-refractivity contribution in [2.45, 2.75) is 18.0 Å². The van der Waals surface area contributed by atoms with Crippen molar-refractivity contribution in [3.8, 4) is 0 Å². The van der Waals surface area contributed by atoms with Gasteiger partial charge in [-0.1, -0.05) is 0 Å². The molecule has 23 heavy (non-hydrogen) atoms. The van der Waals surface area contributed by atoms with Crippen molar-refractivity contribution in [3.05, 3.63) is 51.3 Å². The van der Waals surface area contributed by atoms with Gasteiger partial charge in [-0.3, -0.25) is 0 Å². The van der Waals surface area contributed by atoms with E-state index >= 15 is 0 Å². The van der Waals surface area contributed by atoms with Gasteiger partial charge in [-0.05, 0) is 0 Å². The third kappa shape index (κ3) is 2.68. The zero-order valence-corrected chi connectivity index (χ0v) is 15.9. The first-order valence-electron chi connectivity index (χ1n) is 5.96. The number of hydrogen-bond donors (Lipinski definition) is 0. The first-order chi connectivity index (χ1) is 10.6. The molecule has 1 aromatic heterocycles. The zero-order valence-electron chi connectivity index (χ0n) is 10.8. The van der Waals surface area contributed by atoms with Crippen molar-refractivity contribution in [1.29, 1.82) is 0 Å². The van der Waals surface area contributed by atoms with Crippen LogP contribution >= 0.6 is 54.2 Å². The van der Waals surface area contributed by atoms with Crippen molar-refractivity contribution in [3.63, 3.8) is 0 Å². The molecule has 126 valence electrons. The van der Waals surface area contributed by atoms with Crippen LogP contribution in [0.4, 0.5) is 26.3 Å². The standard InChI is InChI=1S/C13H6F6I2OS/c14-12(15,16)11(13(17,18)19)7-3-1-2-4-8(7)21(22-11)10-6-5-9(20)23-10/h1-6H. The number of alkyl halides is 6. The van der Waals surface area contributed by atoms with Gasteiger partial charge in [0.05, 0.1) is 0 Å². The molecule has 0 unspecified atom stereocenters. The molecular formula is C13H6F6I2OS. The molecule has 1 nitrogen and oxygen atoms in total. The number of benzene rings is 1. The Morgan fingerprint density at radius 3 is 2.09 bits per heavy atom. The molecule has 1 aromatic carbocycles. The van der Waals surface area contributed by atoms with Gasteiger partial charge in [-0.2, -0.15) is 0 Å². The summed E-state index contributed by atoms with van der Waals surface area (Å²) in [5.74, 6) is 0. The Hall–Kier alpha value is -0.0800. The van der Waals surface area contributed by atoms with Crippen molar-refractivity contribution < 1.29 is 29.4 Å². The quantitative estimate of drug-likeness (QED) is 0.291. The van der Waals surface area contributed by atoms with Crippen LogP contribution < -0.4 is 0 Å². The minimum atomic E-state index is -5.59. The SMILES string of the molecule is FC(F)(F)C1(C(F)(F)F)OI(c2ccc(I)s2)c2ccccc21. The fraction of sp³-hybridized carbons (Fsp3) is 0.231. The Morgan fingerprint density at radius 1 is 0.957 bits per heavy atom. The summed E-state index contributed by atoms with van der Waals surface area (Å²) in [5, 5.41) is 0. The Balaban J connectivity index is 2.25. The topological polar surface area (TPSA) is 9.23 Å². The van der Waals surface area contributed by atoms with Crippen molar-refractivity contribution in [1.82, 2.24) is 0 Å². The summed E-state index contributed by atoms with van der Waals surface area (Å²) in [6, 6.07) is 8.00. The molecule has 0 radical (unpaired) electrons. The van der Waals surface area contributed by atoms with E-state index in [2.05, 4.69) is 0 Å². The fourth-order valence-electron chi connectivity index (χ4n) is 2.17. The molecule has 1 aliphatic rings. The molecule has 0 fully saturated rings. The predicted molar refractivity (Wildman–Crippen MR) is 89.8 cm³/mol. The average Bonchev–Trinajstić information content (AvgIpc) is 2.98. The predicted octanol–water partition coefficient (Wildman–Crippen LogP) is 6.16. The number of halogens is 8. The number of rotatable bonds is 1. The van der Waals surface area contributed by atoms with Gasteiger partial charge in [0, 0.05) is 0 Å². The van der Waals surface area contributed by atoms with Gasteiger partial charge < -0.3 is 0 Å². The maximum atomic E-state index is 13.5. The molecule has 0 spiro atoms. The second-order valence-electron chi connectivity index (χ2n) is 4.53. The summed E-state index contributed by atoms with van der Waals surface area (Å²) in [4.78, 5) is 0. The van der Waals surface area contributed by atoms with Crippen LogP contribution in [0.1, 0.15) is 5.56 Å². The molecule has 2 aromatic rings. The number of fused-ring (bicyclic) bond motifs is 1. The summed E-state index contributed by atoms with van der Waals surface area (Å²) >= 11 is -0.142. The molecule has 0 saturated heterocycles. The van der Waals surface area contributed by atoms with Gasteiger partial charge in [0.15, 0.2) is 0 Å². The first kappa shape index (κ1) is 17.7. The molecule has 0 amide bonds. The number of hydrogen-bond acceptors (Lipinski definition) is 2. The number of thiophene rings is 1. The van der Waals surface area contributed by atoms with E-state index in [1.54, 1.807) is 12.1 Å². The summed E-state index contributed by atoms with van der Waals surface area (Å²) < 4.78 is 87.0. The van der Waals surface area contributed by atoms with Crippen LogP contribution in [0.25, 0.3) is 0 Å². The van der Waals surface area contributed by atoms with Crippen molar-refractivity contribution in [2.24, 2.45) is 0 Å². The second kappa shape index (κ2) is 5.73. The van der Waals surface area contributed by atoms with E-state index in [1.165, 1.54) is 29.5 Å². The normalized spacial score (nSPS) is 19.0. The third-order valence-electron chi connectivity index (χ3n) is 3.14. The van der Waals surface area contributed by atoms with E-state index in [4.69, 9.17) is 3.07 Å². The molecule has 0 aliphatic carbocycles. The van der Waals surface area contributed by atoms with E-state index in [-0.39, 0.29) is 3.57 Å². The van der Waals surface area contributed by atoms with E-state index in [0.29, 0.717) is 2.88 Å². The molecule has 1 aliphatic heterocycles. The van der Waals surface area contributed by atoms with Gasteiger partial charge >= 0.3 is 153 Å². The Morgan fingerprint density at radius 2 is 1.57 bits per heavy atom. The Kier molecular flexibility index (Phi) is 4.42. The monoisotopic (exact) mass is 578 g/mol. The van der Waals surface area contributed by atoms with E-state index in [9.17, 15) is 26.3 Å². The van der Waals surface area contributed by atoms with Crippen LogP contribution in [-0.2, 0) is 8.67 Å². The summed E-state index contributed by atoms with van der Waals surface area (Å²) in [6.45, 7) is 0. The molecule has 3 rings (SSSR count). The van der Waals surface area contributed by atoms with Crippen LogP contribution in [0.15, 0.2) is 36.4 Å². The zero-order chi connectivity index (χ0) is 17.0. The molecule has 0 N–H and O–H groups in total. The van der Waals surface area contributed by atoms with Crippen molar-refractivity contribution >= 4 is 54.2 Å². The van der Waals surface area contributed by atoms with Crippen LogP contribution in [0.2, 0.25) is 0 Å². The fourth-order valence-corrected chi connectivity index (χ4v) is 11.5.